The molecule has 1 amide bonds. The summed E-state index contributed by atoms with van der Waals surface area (Å²) in [5, 5.41) is 14.6. The zero-order valence-corrected chi connectivity index (χ0v) is 16.1. The molecule has 0 aliphatic heterocycles. The average Bonchev–Trinajstić information content (AvgIpc) is 3.19. The molecule has 26 heavy (non-hydrogen) atoms. The van der Waals surface area contributed by atoms with Gasteiger partial charge < -0.3 is 5.32 Å². The van der Waals surface area contributed by atoms with Crippen molar-refractivity contribution >= 4 is 29.0 Å². The molecular weight excluding hydrogens is 364 g/mol. The van der Waals surface area contributed by atoms with E-state index < -0.39 is 0 Å². The molecule has 1 aliphatic rings. The number of aromatic nitrogens is 3. The Morgan fingerprint density at radius 3 is 2.77 bits per heavy atom. The van der Waals surface area contributed by atoms with Crippen molar-refractivity contribution < 1.29 is 4.79 Å². The van der Waals surface area contributed by atoms with Gasteiger partial charge >= 0.3 is 0 Å². The van der Waals surface area contributed by atoms with Crippen LogP contribution in [0, 0.1) is 0 Å². The second-order valence-electron chi connectivity index (χ2n) is 6.38. The van der Waals surface area contributed by atoms with Crippen LogP contribution in [-0.2, 0) is 4.79 Å². The highest BCUT2D eigenvalue weighted by molar-refractivity contribution is 7.99. The molecule has 0 radical (unpaired) electrons. The lowest BCUT2D eigenvalue weighted by molar-refractivity contribution is -0.119. The highest BCUT2D eigenvalue weighted by atomic mass is 32.2. The molecule has 2 aromatic heterocycles. The molecule has 7 heteroatoms. The summed E-state index contributed by atoms with van der Waals surface area (Å²) in [7, 11) is 0. The standard InChI is InChI=1S/C19H20N4OS2/c1-13(16-8-5-11-25-16)20-17(24)12-26-19-22-21-18(14-9-10-14)23(19)15-6-3-2-4-7-15/h2-8,11,13-14H,9-10,12H2,1H3,(H,20,24)/t13-/m1/s1. The van der Waals surface area contributed by atoms with Crippen molar-refractivity contribution in [3.8, 4) is 5.69 Å². The van der Waals surface area contributed by atoms with Gasteiger partial charge in [0, 0.05) is 16.5 Å². The van der Waals surface area contributed by atoms with Crippen molar-refractivity contribution in [3.05, 3.63) is 58.5 Å². The predicted octanol–water partition coefficient (Wildman–Crippen LogP) is 4.18. The van der Waals surface area contributed by atoms with E-state index in [-0.39, 0.29) is 11.9 Å². The minimum absolute atomic E-state index is 0.00600. The van der Waals surface area contributed by atoms with Gasteiger partial charge in [-0.3, -0.25) is 9.36 Å². The summed E-state index contributed by atoms with van der Waals surface area (Å²) in [6, 6.07) is 14.2. The van der Waals surface area contributed by atoms with Crippen LogP contribution in [0.25, 0.3) is 5.69 Å². The van der Waals surface area contributed by atoms with Gasteiger partial charge in [-0.15, -0.1) is 21.5 Å². The van der Waals surface area contributed by atoms with E-state index in [0.717, 1.165) is 34.4 Å². The molecule has 1 aliphatic carbocycles. The first-order valence-electron chi connectivity index (χ1n) is 8.68. The molecule has 2 heterocycles. The van der Waals surface area contributed by atoms with E-state index in [2.05, 4.69) is 32.2 Å². The van der Waals surface area contributed by atoms with E-state index in [0.29, 0.717) is 11.7 Å². The molecule has 1 atom stereocenters. The van der Waals surface area contributed by atoms with Gasteiger partial charge in [-0.1, -0.05) is 36.0 Å². The zero-order valence-electron chi connectivity index (χ0n) is 14.5. The third-order valence-electron chi connectivity index (χ3n) is 4.30. The van der Waals surface area contributed by atoms with Gasteiger partial charge in [-0.2, -0.15) is 0 Å². The van der Waals surface area contributed by atoms with Crippen LogP contribution in [-0.4, -0.2) is 26.4 Å². The van der Waals surface area contributed by atoms with Crippen molar-refractivity contribution in [3.63, 3.8) is 0 Å². The molecule has 0 unspecified atom stereocenters. The number of carbonyl (C=O) groups excluding carboxylic acids is 1. The van der Waals surface area contributed by atoms with Gasteiger partial charge in [0.05, 0.1) is 11.8 Å². The largest absolute Gasteiger partial charge is 0.348 e. The van der Waals surface area contributed by atoms with E-state index >= 15 is 0 Å². The Hall–Kier alpha value is -2.12. The fourth-order valence-corrected chi connectivity index (χ4v) is 4.33. The Morgan fingerprint density at radius 1 is 1.27 bits per heavy atom. The number of hydrogen-bond acceptors (Lipinski definition) is 5. The summed E-state index contributed by atoms with van der Waals surface area (Å²) in [6.07, 6.45) is 2.32. The number of benzene rings is 1. The quantitative estimate of drug-likeness (QED) is 0.621. The van der Waals surface area contributed by atoms with Gasteiger partial charge in [0.15, 0.2) is 5.16 Å². The Labute approximate surface area is 160 Å². The summed E-state index contributed by atoms with van der Waals surface area (Å²) in [4.78, 5) is 13.5. The lowest BCUT2D eigenvalue weighted by Crippen LogP contribution is -2.27. The molecule has 4 rings (SSSR count). The van der Waals surface area contributed by atoms with Crippen LogP contribution in [0.4, 0.5) is 0 Å². The molecule has 0 bridgehead atoms. The topological polar surface area (TPSA) is 59.8 Å². The first-order valence-corrected chi connectivity index (χ1v) is 10.5. The lowest BCUT2D eigenvalue weighted by atomic mass is 10.3. The third-order valence-corrected chi connectivity index (χ3v) is 6.28. The monoisotopic (exact) mass is 384 g/mol. The van der Waals surface area contributed by atoms with Gasteiger partial charge in [0.25, 0.3) is 0 Å². The molecule has 134 valence electrons. The Bertz CT molecular complexity index is 872. The number of carbonyl (C=O) groups is 1. The Morgan fingerprint density at radius 2 is 2.08 bits per heavy atom. The maximum Gasteiger partial charge on any atom is 0.230 e. The maximum absolute atomic E-state index is 12.3. The lowest BCUT2D eigenvalue weighted by Gasteiger charge is -2.12. The minimum atomic E-state index is 0.00600. The second-order valence-corrected chi connectivity index (χ2v) is 8.30. The van der Waals surface area contributed by atoms with Crippen molar-refractivity contribution in [2.75, 3.05) is 5.75 Å². The van der Waals surface area contributed by atoms with Gasteiger partial charge in [-0.25, -0.2) is 0 Å². The summed E-state index contributed by atoms with van der Waals surface area (Å²) >= 11 is 3.09. The predicted molar refractivity (Wildman–Crippen MR) is 105 cm³/mol. The van der Waals surface area contributed by atoms with Crippen LogP contribution < -0.4 is 5.32 Å². The van der Waals surface area contributed by atoms with E-state index in [1.165, 1.54) is 11.8 Å². The van der Waals surface area contributed by atoms with Gasteiger partial charge in [0.2, 0.25) is 5.91 Å². The minimum Gasteiger partial charge on any atom is -0.348 e. The average molecular weight is 385 g/mol. The molecule has 3 aromatic rings. The fourth-order valence-electron chi connectivity index (χ4n) is 2.82. The highest BCUT2D eigenvalue weighted by Crippen LogP contribution is 2.41. The van der Waals surface area contributed by atoms with Crippen molar-refractivity contribution in [1.82, 2.24) is 20.1 Å². The van der Waals surface area contributed by atoms with Crippen molar-refractivity contribution in [1.29, 1.82) is 0 Å². The molecular formula is C19H20N4OS2. The van der Waals surface area contributed by atoms with Crippen molar-refractivity contribution in [2.24, 2.45) is 0 Å². The van der Waals surface area contributed by atoms with Crippen LogP contribution in [0.1, 0.15) is 42.4 Å². The SMILES string of the molecule is C[C@@H](NC(=O)CSc1nnc(C2CC2)n1-c1ccccc1)c1cccs1. The van der Waals surface area contributed by atoms with E-state index in [4.69, 9.17) is 0 Å². The van der Waals surface area contributed by atoms with Crippen LogP contribution in [0.3, 0.4) is 0 Å². The number of nitrogens with zero attached hydrogens (tertiary/aromatic N) is 3. The molecule has 1 saturated carbocycles. The normalized spacial score (nSPS) is 15.0. The summed E-state index contributed by atoms with van der Waals surface area (Å²) in [5.41, 5.74) is 1.05. The number of amides is 1. The molecule has 5 nitrogen and oxygen atoms in total. The summed E-state index contributed by atoms with van der Waals surface area (Å²) in [6.45, 7) is 2.01. The zero-order chi connectivity index (χ0) is 17.9. The number of rotatable bonds is 7. The number of hydrogen-bond donors (Lipinski definition) is 1. The number of nitrogens with one attached hydrogen (secondary N) is 1. The highest BCUT2D eigenvalue weighted by Gasteiger charge is 2.31. The first-order chi connectivity index (χ1) is 12.7. The molecule has 1 fully saturated rings. The van der Waals surface area contributed by atoms with Crippen LogP contribution in [0.5, 0.6) is 0 Å². The van der Waals surface area contributed by atoms with Crippen LogP contribution in [0.2, 0.25) is 0 Å². The van der Waals surface area contributed by atoms with E-state index in [1.54, 1.807) is 11.3 Å². The van der Waals surface area contributed by atoms with E-state index in [1.807, 2.05) is 42.6 Å². The summed E-state index contributed by atoms with van der Waals surface area (Å²) in [5.74, 6) is 1.83. The van der Waals surface area contributed by atoms with Crippen LogP contribution in [0.15, 0.2) is 53.0 Å². The first kappa shape index (κ1) is 17.3. The maximum atomic E-state index is 12.3. The Kier molecular flexibility index (Phi) is 5.08. The van der Waals surface area contributed by atoms with Gasteiger partial charge in [-0.05, 0) is 43.3 Å². The second kappa shape index (κ2) is 7.63. The summed E-state index contributed by atoms with van der Waals surface area (Å²) < 4.78 is 2.10. The fraction of sp³-hybridized carbons (Fsp3) is 0.316. The molecule has 1 N–H and O–H groups in total. The molecule has 0 spiro atoms. The molecule has 0 saturated heterocycles. The molecule has 1 aromatic carbocycles. The Balaban J connectivity index is 1.46. The van der Waals surface area contributed by atoms with Crippen molar-refractivity contribution in [2.45, 2.75) is 36.9 Å². The van der Waals surface area contributed by atoms with Gasteiger partial charge in [0.1, 0.15) is 5.82 Å². The van der Waals surface area contributed by atoms with Crippen LogP contribution >= 0.6 is 23.1 Å². The number of thiophene rings is 1. The third kappa shape index (κ3) is 3.83. The number of thioether (sulfide) groups is 1. The number of para-hydroxylation sites is 1. The van der Waals surface area contributed by atoms with E-state index in [9.17, 15) is 4.79 Å². The smallest absolute Gasteiger partial charge is 0.230 e.